The zero-order valence-electron chi connectivity index (χ0n) is 14.5. The predicted molar refractivity (Wildman–Crippen MR) is 103 cm³/mol. The second-order valence-corrected chi connectivity index (χ2v) is 8.38. The number of nitrogens with zero attached hydrogens (tertiary/aromatic N) is 1. The first-order valence-electron chi connectivity index (χ1n) is 7.95. The third-order valence-electron chi connectivity index (χ3n) is 3.95. The minimum atomic E-state index is -4.11. The van der Waals surface area contributed by atoms with E-state index in [9.17, 15) is 22.9 Å². The van der Waals surface area contributed by atoms with E-state index in [4.69, 9.17) is 4.74 Å². The van der Waals surface area contributed by atoms with Crippen molar-refractivity contribution in [1.29, 1.82) is 0 Å². The molecule has 28 heavy (non-hydrogen) atoms. The molecule has 10 heteroatoms. The molecule has 0 radical (unpaired) electrons. The van der Waals surface area contributed by atoms with Gasteiger partial charge in [-0.1, -0.05) is 18.2 Å². The van der Waals surface area contributed by atoms with Crippen molar-refractivity contribution in [3.8, 4) is 5.75 Å². The fourth-order valence-corrected chi connectivity index (χ4v) is 4.84. The van der Waals surface area contributed by atoms with Gasteiger partial charge in [-0.05, 0) is 35.2 Å². The third kappa shape index (κ3) is 4.19. The number of halogens is 1. The van der Waals surface area contributed by atoms with Crippen LogP contribution in [0.5, 0.6) is 5.75 Å². The molecule has 1 aromatic heterocycles. The maximum Gasteiger partial charge on any atom is 0.273 e. The minimum absolute atomic E-state index is 0.147. The number of methoxy groups -OCH3 is 1. The summed E-state index contributed by atoms with van der Waals surface area (Å²) in [7, 11) is -2.88. The van der Waals surface area contributed by atoms with Crippen LogP contribution in [0.2, 0.25) is 0 Å². The van der Waals surface area contributed by atoms with Gasteiger partial charge in [0.05, 0.1) is 24.1 Å². The largest absolute Gasteiger partial charge is 0.495 e. The Morgan fingerprint density at radius 2 is 1.89 bits per heavy atom. The molecule has 1 N–H and O–H groups in total. The highest BCUT2D eigenvalue weighted by Crippen LogP contribution is 2.32. The van der Waals surface area contributed by atoms with E-state index in [2.05, 4.69) is 4.72 Å². The number of thiophene rings is 1. The van der Waals surface area contributed by atoms with Crippen molar-refractivity contribution >= 4 is 27.0 Å². The second kappa shape index (κ2) is 8.05. The SMILES string of the molecule is COc1cc([N+](=O)[O-])ccc1S(=O)(=O)NC(c1ccc(F)cc1)c1cccs1. The van der Waals surface area contributed by atoms with Gasteiger partial charge in [0.15, 0.2) is 0 Å². The van der Waals surface area contributed by atoms with Crippen LogP contribution in [0, 0.1) is 15.9 Å². The summed E-state index contributed by atoms with van der Waals surface area (Å²) in [6.07, 6.45) is 0. The molecule has 0 spiro atoms. The molecule has 0 bridgehead atoms. The van der Waals surface area contributed by atoms with Crippen molar-refractivity contribution in [2.24, 2.45) is 0 Å². The van der Waals surface area contributed by atoms with Gasteiger partial charge in [0.1, 0.15) is 16.5 Å². The molecular weight excluding hydrogens is 407 g/mol. The summed E-state index contributed by atoms with van der Waals surface area (Å²) in [6, 6.07) is 11.5. The van der Waals surface area contributed by atoms with Gasteiger partial charge >= 0.3 is 0 Å². The molecule has 1 atom stereocenters. The minimum Gasteiger partial charge on any atom is -0.495 e. The Bertz CT molecular complexity index is 1080. The van der Waals surface area contributed by atoms with Crippen LogP contribution in [0.3, 0.4) is 0 Å². The summed E-state index contributed by atoms with van der Waals surface area (Å²) >= 11 is 1.34. The van der Waals surface area contributed by atoms with E-state index in [1.54, 1.807) is 17.5 Å². The Hall–Kier alpha value is -2.82. The van der Waals surface area contributed by atoms with Crippen LogP contribution in [0.1, 0.15) is 16.5 Å². The lowest BCUT2D eigenvalue weighted by molar-refractivity contribution is -0.385. The second-order valence-electron chi connectivity index (χ2n) is 5.71. The third-order valence-corrected chi connectivity index (χ3v) is 6.35. The number of nitro groups is 1. The van der Waals surface area contributed by atoms with Gasteiger partial charge in [-0.15, -0.1) is 11.3 Å². The summed E-state index contributed by atoms with van der Waals surface area (Å²) in [4.78, 5) is 10.8. The van der Waals surface area contributed by atoms with Gasteiger partial charge in [0, 0.05) is 10.9 Å². The standard InChI is InChI=1S/C18H15FN2O5S2/c1-26-15-11-14(21(22)23)8-9-17(15)28(24,25)20-18(16-3-2-10-27-16)12-4-6-13(19)7-5-12/h2-11,18,20H,1H3. The molecule has 0 saturated carbocycles. The number of ether oxygens (including phenoxy) is 1. The Labute approximate surface area is 164 Å². The van der Waals surface area contributed by atoms with Crippen molar-refractivity contribution in [2.75, 3.05) is 7.11 Å². The quantitative estimate of drug-likeness (QED) is 0.460. The number of hydrogen-bond acceptors (Lipinski definition) is 6. The highest BCUT2D eigenvalue weighted by Gasteiger charge is 2.27. The van der Waals surface area contributed by atoms with Gasteiger partial charge in [0.25, 0.3) is 5.69 Å². The highest BCUT2D eigenvalue weighted by atomic mass is 32.2. The number of benzene rings is 2. The molecule has 7 nitrogen and oxygen atoms in total. The normalized spacial score (nSPS) is 12.5. The van der Waals surface area contributed by atoms with Crippen molar-refractivity contribution < 1.29 is 22.5 Å². The number of hydrogen-bond donors (Lipinski definition) is 1. The van der Waals surface area contributed by atoms with E-state index in [1.807, 2.05) is 0 Å². The molecule has 0 amide bonds. The summed E-state index contributed by atoms with van der Waals surface area (Å²) < 4.78 is 46.9. The average Bonchev–Trinajstić information content (AvgIpc) is 3.21. The number of nitro benzene ring substituents is 1. The summed E-state index contributed by atoms with van der Waals surface area (Å²) in [5.41, 5.74) is 0.262. The monoisotopic (exact) mass is 422 g/mol. The maximum atomic E-state index is 13.3. The van der Waals surface area contributed by atoms with Crippen LogP contribution in [0.25, 0.3) is 0 Å². The lowest BCUT2D eigenvalue weighted by Gasteiger charge is -2.19. The fraction of sp³-hybridized carbons (Fsp3) is 0.111. The average molecular weight is 422 g/mol. The van der Waals surface area contributed by atoms with E-state index in [1.165, 1.54) is 42.7 Å². The van der Waals surface area contributed by atoms with Crippen molar-refractivity contribution in [3.63, 3.8) is 0 Å². The predicted octanol–water partition coefficient (Wildman–Crippen LogP) is 3.87. The number of rotatable bonds is 7. The van der Waals surface area contributed by atoms with Crippen LogP contribution in [-0.4, -0.2) is 20.5 Å². The molecule has 0 aliphatic rings. The van der Waals surface area contributed by atoms with E-state index >= 15 is 0 Å². The zero-order chi connectivity index (χ0) is 20.3. The van der Waals surface area contributed by atoms with Crippen LogP contribution < -0.4 is 9.46 Å². The summed E-state index contributed by atoms with van der Waals surface area (Å²) in [5, 5.41) is 12.7. The Balaban J connectivity index is 2.03. The van der Waals surface area contributed by atoms with Crippen molar-refractivity contribution in [3.05, 3.63) is 86.3 Å². The number of non-ortho nitro benzene ring substituents is 1. The first kappa shape index (κ1) is 19.9. The van der Waals surface area contributed by atoms with Crippen LogP contribution in [0.15, 0.2) is 64.9 Å². The van der Waals surface area contributed by atoms with E-state index in [-0.39, 0.29) is 16.3 Å². The molecule has 0 saturated heterocycles. The summed E-state index contributed by atoms with van der Waals surface area (Å²) in [6.45, 7) is 0. The summed E-state index contributed by atoms with van der Waals surface area (Å²) in [5.74, 6) is -0.584. The highest BCUT2D eigenvalue weighted by molar-refractivity contribution is 7.89. The maximum absolute atomic E-state index is 13.3. The van der Waals surface area contributed by atoms with E-state index in [0.717, 1.165) is 18.2 Å². The van der Waals surface area contributed by atoms with Gasteiger partial charge < -0.3 is 4.74 Å². The molecule has 0 aliphatic heterocycles. The zero-order valence-corrected chi connectivity index (χ0v) is 16.2. The fourth-order valence-electron chi connectivity index (χ4n) is 2.61. The van der Waals surface area contributed by atoms with E-state index in [0.29, 0.717) is 10.4 Å². The topological polar surface area (TPSA) is 98.5 Å². The van der Waals surface area contributed by atoms with Gasteiger partial charge in [0.2, 0.25) is 10.0 Å². The first-order chi connectivity index (χ1) is 13.3. The Kier molecular flexibility index (Phi) is 5.73. The van der Waals surface area contributed by atoms with E-state index < -0.39 is 26.8 Å². The van der Waals surface area contributed by atoms with Gasteiger partial charge in [-0.25, -0.2) is 12.8 Å². The van der Waals surface area contributed by atoms with Crippen molar-refractivity contribution in [1.82, 2.24) is 4.72 Å². The van der Waals surface area contributed by atoms with Crippen molar-refractivity contribution in [2.45, 2.75) is 10.9 Å². The molecule has 1 unspecified atom stereocenters. The molecule has 1 heterocycles. The Morgan fingerprint density at radius 1 is 1.18 bits per heavy atom. The molecule has 0 fully saturated rings. The molecule has 3 rings (SSSR count). The smallest absolute Gasteiger partial charge is 0.273 e. The molecular formula is C18H15FN2O5S2. The molecule has 146 valence electrons. The molecule has 0 aliphatic carbocycles. The molecule has 3 aromatic rings. The number of nitrogens with one attached hydrogen (secondary N) is 1. The number of sulfonamides is 1. The van der Waals surface area contributed by atoms with Crippen LogP contribution in [-0.2, 0) is 10.0 Å². The molecule has 2 aromatic carbocycles. The Morgan fingerprint density at radius 3 is 2.46 bits per heavy atom. The van der Waals surface area contributed by atoms with Crippen LogP contribution in [0.4, 0.5) is 10.1 Å². The first-order valence-corrected chi connectivity index (χ1v) is 10.3. The lowest BCUT2D eigenvalue weighted by Crippen LogP contribution is -2.29. The van der Waals surface area contributed by atoms with Crippen LogP contribution >= 0.6 is 11.3 Å². The lowest BCUT2D eigenvalue weighted by atomic mass is 10.1. The van der Waals surface area contributed by atoms with Gasteiger partial charge in [-0.3, -0.25) is 10.1 Å². The van der Waals surface area contributed by atoms with Gasteiger partial charge in [-0.2, -0.15) is 4.72 Å².